The fraction of sp³-hybridized carbons (Fsp3) is 0.417. The van der Waals surface area contributed by atoms with E-state index in [2.05, 4.69) is 21.2 Å². The van der Waals surface area contributed by atoms with Crippen LogP contribution in [0.5, 0.6) is 0 Å². The van der Waals surface area contributed by atoms with E-state index in [0.717, 1.165) is 23.5 Å². The van der Waals surface area contributed by atoms with Gasteiger partial charge < -0.3 is 4.57 Å². The third-order valence-corrected chi connectivity index (χ3v) is 3.23. The highest BCUT2D eigenvalue weighted by atomic mass is 35.5. The number of aryl methyl sites for hydroxylation is 1. The summed E-state index contributed by atoms with van der Waals surface area (Å²) in [4.78, 5) is 4.37. The first kappa shape index (κ1) is 10.7. The predicted molar refractivity (Wildman–Crippen MR) is 65.0 cm³/mol. The number of nitrogens with zero attached hydrogens (tertiary/aromatic N) is 4. The van der Waals surface area contributed by atoms with E-state index in [9.17, 15) is 0 Å². The molecule has 0 radical (unpaired) electrons. The van der Waals surface area contributed by atoms with Crippen molar-refractivity contribution in [2.24, 2.45) is 7.05 Å². The Kier molecular flexibility index (Phi) is 2.59. The first-order valence-electron chi connectivity index (χ1n) is 5.71. The molecule has 17 heavy (non-hydrogen) atoms. The summed E-state index contributed by atoms with van der Waals surface area (Å²) in [6, 6.07) is 4.04. The maximum Gasteiger partial charge on any atom is 0.136 e. The molecule has 0 spiro atoms. The van der Waals surface area contributed by atoms with Crippen molar-refractivity contribution in [1.29, 1.82) is 0 Å². The van der Waals surface area contributed by atoms with Gasteiger partial charge in [0.25, 0.3) is 0 Å². The molecule has 1 fully saturated rings. The molecular formula is C12H13ClN4. The van der Waals surface area contributed by atoms with E-state index in [1.54, 1.807) is 6.33 Å². The highest BCUT2D eigenvalue weighted by Crippen LogP contribution is 2.39. The van der Waals surface area contributed by atoms with Crippen molar-refractivity contribution in [1.82, 2.24) is 19.7 Å². The van der Waals surface area contributed by atoms with Crippen molar-refractivity contribution >= 4 is 11.6 Å². The van der Waals surface area contributed by atoms with E-state index < -0.39 is 0 Å². The van der Waals surface area contributed by atoms with E-state index in [0.29, 0.717) is 11.1 Å². The summed E-state index contributed by atoms with van der Waals surface area (Å²) in [5.74, 6) is 1.56. The SMILES string of the molecule is Cn1cnnc1Cc1cc(Cl)nc(C2CC2)c1. The monoisotopic (exact) mass is 248 g/mol. The van der Waals surface area contributed by atoms with Crippen molar-refractivity contribution in [3.8, 4) is 0 Å². The Labute approximate surface area is 105 Å². The van der Waals surface area contributed by atoms with Crippen molar-refractivity contribution < 1.29 is 0 Å². The van der Waals surface area contributed by atoms with E-state index >= 15 is 0 Å². The maximum absolute atomic E-state index is 6.05. The van der Waals surface area contributed by atoms with Gasteiger partial charge in [0.2, 0.25) is 0 Å². The molecular weight excluding hydrogens is 236 g/mol. The van der Waals surface area contributed by atoms with Gasteiger partial charge in [-0.2, -0.15) is 0 Å². The lowest BCUT2D eigenvalue weighted by atomic mass is 10.1. The molecule has 2 heterocycles. The van der Waals surface area contributed by atoms with Crippen LogP contribution in [-0.4, -0.2) is 19.7 Å². The number of pyridine rings is 1. The van der Waals surface area contributed by atoms with Crippen LogP contribution in [0.4, 0.5) is 0 Å². The van der Waals surface area contributed by atoms with Gasteiger partial charge in [-0.05, 0) is 30.5 Å². The van der Waals surface area contributed by atoms with Crippen LogP contribution in [0.3, 0.4) is 0 Å². The molecule has 0 aliphatic heterocycles. The quantitative estimate of drug-likeness (QED) is 0.783. The van der Waals surface area contributed by atoms with Crippen molar-refractivity contribution in [3.63, 3.8) is 0 Å². The molecule has 1 saturated carbocycles. The van der Waals surface area contributed by atoms with Crippen LogP contribution in [0.2, 0.25) is 5.15 Å². The van der Waals surface area contributed by atoms with Gasteiger partial charge in [0.1, 0.15) is 17.3 Å². The minimum atomic E-state index is 0.576. The van der Waals surface area contributed by atoms with Gasteiger partial charge in [-0.25, -0.2) is 4.98 Å². The zero-order valence-corrected chi connectivity index (χ0v) is 10.4. The lowest BCUT2D eigenvalue weighted by Gasteiger charge is -2.05. The third-order valence-electron chi connectivity index (χ3n) is 3.04. The fourth-order valence-corrected chi connectivity index (χ4v) is 2.15. The molecule has 2 aromatic rings. The first-order valence-corrected chi connectivity index (χ1v) is 6.09. The minimum Gasteiger partial charge on any atom is -0.320 e. The molecule has 1 aliphatic rings. The Hall–Kier alpha value is -1.42. The molecule has 0 amide bonds. The van der Waals surface area contributed by atoms with Gasteiger partial charge in [-0.3, -0.25) is 0 Å². The summed E-state index contributed by atoms with van der Waals surface area (Å²) >= 11 is 6.05. The van der Waals surface area contributed by atoms with E-state index in [-0.39, 0.29) is 0 Å². The zero-order valence-electron chi connectivity index (χ0n) is 9.60. The molecule has 5 heteroatoms. The van der Waals surface area contributed by atoms with Crippen molar-refractivity contribution in [2.45, 2.75) is 25.2 Å². The molecule has 3 rings (SSSR count). The maximum atomic E-state index is 6.05. The number of hydrogen-bond acceptors (Lipinski definition) is 3. The van der Waals surface area contributed by atoms with Crippen molar-refractivity contribution in [3.05, 3.63) is 40.7 Å². The Morgan fingerprint density at radius 3 is 2.88 bits per heavy atom. The largest absolute Gasteiger partial charge is 0.320 e. The minimum absolute atomic E-state index is 0.576. The van der Waals surface area contributed by atoms with Crippen LogP contribution in [0.1, 0.15) is 35.8 Å². The van der Waals surface area contributed by atoms with Crippen LogP contribution in [0, 0.1) is 0 Å². The number of halogens is 1. The number of aromatic nitrogens is 4. The summed E-state index contributed by atoms with van der Waals surface area (Å²) in [5, 5.41) is 8.53. The molecule has 0 atom stereocenters. The molecule has 88 valence electrons. The van der Waals surface area contributed by atoms with Gasteiger partial charge in [0.15, 0.2) is 0 Å². The van der Waals surface area contributed by atoms with Gasteiger partial charge in [-0.15, -0.1) is 10.2 Å². The summed E-state index contributed by atoms with van der Waals surface area (Å²) in [6.07, 6.45) is 4.92. The Morgan fingerprint density at radius 1 is 1.41 bits per heavy atom. The average Bonchev–Trinajstić information content (AvgIpc) is 3.05. The van der Waals surface area contributed by atoms with E-state index in [1.807, 2.05) is 17.7 Å². The van der Waals surface area contributed by atoms with Gasteiger partial charge in [0.05, 0.1) is 0 Å². The fourth-order valence-electron chi connectivity index (χ4n) is 1.91. The molecule has 0 bridgehead atoms. The predicted octanol–water partition coefficient (Wildman–Crippen LogP) is 2.33. The number of hydrogen-bond donors (Lipinski definition) is 0. The smallest absolute Gasteiger partial charge is 0.136 e. The van der Waals surface area contributed by atoms with E-state index in [4.69, 9.17) is 11.6 Å². The summed E-state index contributed by atoms with van der Waals surface area (Å²) < 4.78 is 1.92. The first-order chi connectivity index (χ1) is 8.22. The van der Waals surface area contributed by atoms with Crippen LogP contribution < -0.4 is 0 Å². The topological polar surface area (TPSA) is 43.6 Å². The number of rotatable bonds is 3. The molecule has 4 nitrogen and oxygen atoms in total. The Morgan fingerprint density at radius 2 is 2.24 bits per heavy atom. The van der Waals surface area contributed by atoms with Crippen LogP contribution in [0.25, 0.3) is 0 Å². The molecule has 0 saturated heterocycles. The van der Waals surface area contributed by atoms with Gasteiger partial charge in [-0.1, -0.05) is 11.6 Å². The summed E-state index contributed by atoms with van der Waals surface area (Å²) in [7, 11) is 1.94. The standard InChI is InChI=1S/C12H13ClN4/c1-17-7-14-16-12(17)6-8-4-10(9-2-3-9)15-11(13)5-8/h4-5,7,9H,2-3,6H2,1H3. The van der Waals surface area contributed by atoms with Crippen molar-refractivity contribution in [2.75, 3.05) is 0 Å². The zero-order chi connectivity index (χ0) is 11.8. The van der Waals surface area contributed by atoms with Crippen LogP contribution in [-0.2, 0) is 13.5 Å². The second-order valence-corrected chi connectivity index (χ2v) is 4.92. The Balaban J connectivity index is 1.89. The van der Waals surface area contributed by atoms with Gasteiger partial charge >= 0.3 is 0 Å². The lowest BCUT2D eigenvalue weighted by molar-refractivity contribution is 0.819. The Bertz CT molecular complexity index is 545. The van der Waals surface area contributed by atoms with Crippen LogP contribution in [0.15, 0.2) is 18.5 Å². The lowest BCUT2D eigenvalue weighted by Crippen LogP contribution is -2.00. The highest BCUT2D eigenvalue weighted by molar-refractivity contribution is 6.29. The highest BCUT2D eigenvalue weighted by Gasteiger charge is 2.25. The average molecular weight is 249 g/mol. The summed E-state index contributed by atoms with van der Waals surface area (Å²) in [6.45, 7) is 0. The van der Waals surface area contributed by atoms with E-state index in [1.165, 1.54) is 12.8 Å². The molecule has 2 aromatic heterocycles. The molecule has 0 aromatic carbocycles. The third kappa shape index (κ3) is 2.31. The second kappa shape index (κ2) is 4.11. The van der Waals surface area contributed by atoms with Gasteiger partial charge in [0, 0.05) is 25.1 Å². The van der Waals surface area contributed by atoms with Crippen LogP contribution >= 0.6 is 11.6 Å². The summed E-state index contributed by atoms with van der Waals surface area (Å²) in [5.41, 5.74) is 2.28. The molecule has 1 aliphatic carbocycles. The second-order valence-electron chi connectivity index (χ2n) is 4.53. The molecule has 0 unspecified atom stereocenters. The normalized spacial score (nSPS) is 15.2. The molecule has 0 N–H and O–H groups in total.